The van der Waals surface area contributed by atoms with Gasteiger partial charge in [0.1, 0.15) is 6.54 Å². The predicted octanol–water partition coefficient (Wildman–Crippen LogP) is 5.67. The highest BCUT2D eigenvalue weighted by molar-refractivity contribution is 7.92. The molecular weight excluding hydrogens is 508 g/mol. The fourth-order valence-corrected chi connectivity index (χ4v) is 6.32. The summed E-state index contributed by atoms with van der Waals surface area (Å²) in [6.45, 7) is 11.6. The highest BCUT2D eigenvalue weighted by atomic mass is 32.2. The molecule has 202 valence electrons. The van der Waals surface area contributed by atoms with Crippen molar-refractivity contribution in [1.29, 1.82) is 0 Å². The maximum absolute atomic E-state index is 13.6. The number of amides is 1. The van der Waals surface area contributed by atoms with Gasteiger partial charge in [-0.05, 0) is 94.1 Å². The van der Waals surface area contributed by atoms with E-state index < -0.39 is 22.5 Å². The van der Waals surface area contributed by atoms with Gasteiger partial charge in [0.2, 0.25) is 0 Å². The molecule has 4 rings (SSSR count). The Bertz CT molecular complexity index is 1610. The first-order valence-electron chi connectivity index (χ1n) is 12.7. The zero-order valence-corrected chi connectivity index (χ0v) is 24.0. The molecule has 1 N–H and O–H groups in total. The van der Waals surface area contributed by atoms with Crippen LogP contribution in [0.4, 0.5) is 5.69 Å². The third kappa shape index (κ3) is 5.96. The van der Waals surface area contributed by atoms with Gasteiger partial charge in [-0.2, -0.15) is 5.10 Å². The van der Waals surface area contributed by atoms with E-state index in [-0.39, 0.29) is 4.90 Å². The van der Waals surface area contributed by atoms with Crippen LogP contribution in [0.25, 0.3) is 5.69 Å². The van der Waals surface area contributed by atoms with E-state index in [9.17, 15) is 13.2 Å². The minimum atomic E-state index is -3.99. The van der Waals surface area contributed by atoms with Crippen molar-refractivity contribution in [2.75, 3.05) is 10.8 Å². The van der Waals surface area contributed by atoms with Gasteiger partial charge in [-0.3, -0.25) is 9.10 Å². The average molecular weight is 543 g/mol. The number of aryl methyl sites for hydroxylation is 5. The number of aromatic nitrogens is 1. The van der Waals surface area contributed by atoms with Crippen molar-refractivity contribution in [3.05, 3.63) is 112 Å². The molecule has 0 bridgehead atoms. The van der Waals surface area contributed by atoms with Crippen LogP contribution in [0, 0.1) is 41.5 Å². The Morgan fingerprint density at radius 3 is 2.10 bits per heavy atom. The topological polar surface area (TPSA) is 83.8 Å². The van der Waals surface area contributed by atoms with Crippen LogP contribution in [0.5, 0.6) is 0 Å². The molecule has 0 aliphatic carbocycles. The molecule has 0 atom stereocenters. The van der Waals surface area contributed by atoms with E-state index in [1.807, 2.05) is 45.9 Å². The first-order chi connectivity index (χ1) is 18.5. The summed E-state index contributed by atoms with van der Waals surface area (Å²) < 4.78 is 30.4. The number of rotatable bonds is 8. The van der Waals surface area contributed by atoms with E-state index in [0.717, 1.165) is 38.1 Å². The van der Waals surface area contributed by atoms with Gasteiger partial charge in [-0.25, -0.2) is 13.8 Å². The van der Waals surface area contributed by atoms with E-state index >= 15 is 0 Å². The van der Waals surface area contributed by atoms with Crippen molar-refractivity contribution in [2.24, 2.45) is 5.10 Å². The molecule has 1 aromatic heterocycles. The molecular formula is C31H34N4O3S. The maximum atomic E-state index is 13.6. The van der Waals surface area contributed by atoms with E-state index in [1.165, 1.54) is 23.3 Å². The molecule has 39 heavy (non-hydrogen) atoms. The Kier molecular flexibility index (Phi) is 8.06. The number of nitrogens with one attached hydrogen (secondary N) is 1. The summed E-state index contributed by atoms with van der Waals surface area (Å²) in [6, 6.07) is 21.8. The second-order valence-corrected chi connectivity index (χ2v) is 11.7. The van der Waals surface area contributed by atoms with Crippen molar-refractivity contribution in [3.63, 3.8) is 0 Å². The van der Waals surface area contributed by atoms with E-state index in [4.69, 9.17) is 0 Å². The largest absolute Gasteiger partial charge is 0.317 e. The number of anilines is 1. The number of hydrazone groups is 1. The summed E-state index contributed by atoms with van der Waals surface area (Å²) in [6.07, 6.45) is 1.59. The lowest BCUT2D eigenvalue weighted by Crippen LogP contribution is -2.39. The Morgan fingerprint density at radius 2 is 1.49 bits per heavy atom. The van der Waals surface area contributed by atoms with Crippen LogP contribution in [0.15, 0.2) is 82.8 Å². The minimum Gasteiger partial charge on any atom is -0.317 e. The molecule has 0 saturated heterocycles. The molecule has 0 aliphatic heterocycles. The third-order valence-electron chi connectivity index (χ3n) is 6.64. The van der Waals surface area contributed by atoms with Crippen molar-refractivity contribution >= 4 is 27.8 Å². The van der Waals surface area contributed by atoms with Gasteiger partial charge in [0.05, 0.1) is 22.5 Å². The zero-order valence-electron chi connectivity index (χ0n) is 23.2. The van der Waals surface area contributed by atoms with Crippen molar-refractivity contribution in [3.8, 4) is 5.69 Å². The van der Waals surface area contributed by atoms with Crippen LogP contribution in [0.2, 0.25) is 0 Å². The highest BCUT2D eigenvalue weighted by Crippen LogP contribution is 2.27. The first-order valence-corrected chi connectivity index (χ1v) is 14.2. The highest BCUT2D eigenvalue weighted by Gasteiger charge is 2.27. The average Bonchev–Trinajstić information content (AvgIpc) is 3.15. The number of sulfonamides is 1. The third-order valence-corrected chi connectivity index (χ3v) is 8.43. The normalized spacial score (nSPS) is 11.6. The summed E-state index contributed by atoms with van der Waals surface area (Å²) >= 11 is 0. The van der Waals surface area contributed by atoms with Crippen LogP contribution in [-0.2, 0) is 14.8 Å². The molecule has 8 heteroatoms. The lowest BCUT2D eigenvalue weighted by atomic mass is 10.1. The minimum absolute atomic E-state index is 0.111. The Labute approximate surface area is 230 Å². The van der Waals surface area contributed by atoms with E-state index in [1.54, 1.807) is 36.5 Å². The molecule has 0 radical (unpaired) electrons. The molecule has 0 fully saturated rings. The van der Waals surface area contributed by atoms with Crippen LogP contribution >= 0.6 is 0 Å². The van der Waals surface area contributed by atoms with Crippen LogP contribution < -0.4 is 9.73 Å². The molecule has 1 amide bonds. The van der Waals surface area contributed by atoms with Crippen LogP contribution in [0.1, 0.15) is 39.2 Å². The molecule has 1 heterocycles. The smallest absolute Gasteiger partial charge is 0.264 e. The lowest BCUT2D eigenvalue weighted by Gasteiger charge is -2.24. The fraction of sp³-hybridized carbons (Fsp3) is 0.226. The Balaban J connectivity index is 1.59. The van der Waals surface area contributed by atoms with Gasteiger partial charge in [0.15, 0.2) is 0 Å². The van der Waals surface area contributed by atoms with Gasteiger partial charge in [0, 0.05) is 17.0 Å². The lowest BCUT2D eigenvalue weighted by molar-refractivity contribution is -0.119. The monoisotopic (exact) mass is 542 g/mol. The van der Waals surface area contributed by atoms with Gasteiger partial charge < -0.3 is 4.57 Å². The van der Waals surface area contributed by atoms with Crippen LogP contribution in [-0.4, -0.2) is 31.7 Å². The van der Waals surface area contributed by atoms with E-state index in [2.05, 4.69) is 41.1 Å². The molecule has 0 spiro atoms. The molecule has 3 aromatic carbocycles. The summed E-state index contributed by atoms with van der Waals surface area (Å²) in [5.74, 6) is -0.548. The molecule has 0 saturated carbocycles. The van der Waals surface area contributed by atoms with Gasteiger partial charge in [-0.1, -0.05) is 42.5 Å². The number of nitrogens with zero attached hydrogens (tertiary/aromatic N) is 3. The Hall–Kier alpha value is -4.17. The van der Waals surface area contributed by atoms with E-state index in [0.29, 0.717) is 5.69 Å². The summed E-state index contributed by atoms with van der Waals surface area (Å²) in [5, 5.41) is 4.17. The summed E-state index contributed by atoms with van der Waals surface area (Å²) in [5.41, 5.74) is 11.1. The van der Waals surface area contributed by atoms with Crippen molar-refractivity contribution in [2.45, 2.75) is 46.4 Å². The first kappa shape index (κ1) is 27.9. The summed E-state index contributed by atoms with van der Waals surface area (Å²) in [7, 11) is -3.99. The molecule has 7 nitrogen and oxygen atoms in total. The quantitative estimate of drug-likeness (QED) is 0.230. The molecule has 0 aliphatic rings. The maximum Gasteiger partial charge on any atom is 0.264 e. The predicted molar refractivity (Wildman–Crippen MR) is 157 cm³/mol. The van der Waals surface area contributed by atoms with Gasteiger partial charge in [0.25, 0.3) is 15.9 Å². The van der Waals surface area contributed by atoms with Crippen LogP contribution in [0.3, 0.4) is 0 Å². The molecule has 0 unspecified atom stereocenters. The van der Waals surface area contributed by atoms with Crippen molar-refractivity contribution in [1.82, 2.24) is 9.99 Å². The number of hydrogen-bond acceptors (Lipinski definition) is 4. The molecule has 4 aromatic rings. The second-order valence-electron chi connectivity index (χ2n) is 9.87. The number of benzene rings is 3. The number of hydrogen-bond donors (Lipinski definition) is 1. The van der Waals surface area contributed by atoms with Gasteiger partial charge >= 0.3 is 0 Å². The van der Waals surface area contributed by atoms with Crippen molar-refractivity contribution < 1.29 is 13.2 Å². The van der Waals surface area contributed by atoms with Gasteiger partial charge in [-0.15, -0.1) is 0 Å². The number of carbonyl (C=O) groups is 1. The standard InChI is InChI=1S/C31H34N4O3S/c1-21-15-22(2)17-28(16-21)34(39(37,38)29-13-8-7-9-14-29)20-30(36)33-32-19-27-18-25(5)35(26(27)6)31-23(3)11-10-12-24(31)4/h7-19H,20H2,1-6H3,(H,33,36)/b32-19+. The Morgan fingerprint density at radius 1 is 0.872 bits per heavy atom. The number of para-hydroxylation sites is 1. The SMILES string of the molecule is Cc1cc(C)cc(N(CC(=O)N/N=C/c2cc(C)n(-c3c(C)cccc3C)c2C)S(=O)(=O)c2ccccc2)c1. The summed E-state index contributed by atoms with van der Waals surface area (Å²) in [4.78, 5) is 13.1. The second kappa shape index (κ2) is 11.3. The zero-order chi connectivity index (χ0) is 28.3. The fourth-order valence-electron chi connectivity index (χ4n) is 4.89. The number of carbonyl (C=O) groups excluding carboxylic acids is 1.